The largest absolute Gasteiger partial charge is 0.303 e. The Morgan fingerprint density at radius 3 is 2.94 bits per heavy atom. The molecule has 0 saturated heterocycles. The molecule has 98 valence electrons. The Kier molecular flexibility index (Phi) is 5.38. The molecular formula is C12H18N4OS. The van der Waals surface area contributed by atoms with E-state index in [0.717, 1.165) is 24.3 Å². The predicted octanol–water partition coefficient (Wildman–Crippen LogP) is 1.45. The molecule has 0 fully saturated rings. The minimum Gasteiger partial charge on any atom is -0.303 e. The van der Waals surface area contributed by atoms with Gasteiger partial charge in [-0.05, 0) is 33.7 Å². The lowest BCUT2D eigenvalue weighted by Gasteiger charge is -2.19. The number of nitrogens with zero attached hydrogens (tertiary/aromatic N) is 2. The van der Waals surface area contributed by atoms with Gasteiger partial charge in [-0.25, -0.2) is 4.98 Å². The highest BCUT2D eigenvalue weighted by Crippen LogP contribution is 2.17. The molecule has 5 nitrogen and oxygen atoms in total. The number of nitriles is 1. The summed E-state index contributed by atoms with van der Waals surface area (Å²) in [5.41, 5.74) is 0.119. The first-order valence-electron chi connectivity index (χ1n) is 5.80. The molecule has 0 aliphatic carbocycles. The van der Waals surface area contributed by atoms with Gasteiger partial charge in [0.05, 0.1) is 6.07 Å². The highest BCUT2D eigenvalue weighted by Gasteiger charge is 2.19. The molecule has 6 heteroatoms. The van der Waals surface area contributed by atoms with Crippen LogP contribution in [0.25, 0.3) is 0 Å². The molecule has 0 radical (unpaired) electrons. The maximum Gasteiger partial charge on any atom is 0.251 e. The van der Waals surface area contributed by atoms with Gasteiger partial charge in [0.1, 0.15) is 5.54 Å². The molecule has 0 saturated carbocycles. The number of aromatic nitrogens is 2. The minimum absolute atomic E-state index is 0.123. The number of hydrogen-bond acceptors (Lipinski definition) is 5. The normalized spacial score (nSPS) is 13.9. The van der Waals surface area contributed by atoms with Gasteiger partial charge in [0.2, 0.25) is 0 Å². The van der Waals surface area contributed by atoms with Crippen LogP contribution in [-0.4, -0.2) is 28.3 Å². The predicted molar refractivity (Wildman–Crippen MR) is 72.6 cm³/mol. The fourth-order valence-electron chi connectivity index (χ4n) is 1.45. The van der Waals surface area contributed by atoms with Crippen molar-refractivity contribution in [2.24, 2.45) is 0 Å². The molecule has 0 aliphatic rings. The third kappa shape index (κ3) is 4.51. The van der Waals surface area contributed by atoms with Crippen LogP contribution in [0.3, 0.4) is 0 Å². The van der Waals surface area contributed by atoms with Crippen LogP contribution in [0.2, 0.25) is 0 Å². The summed E-state index contributed by atoms with van der Waals surface area (Å²) in [6.45, 7) is 3.68. The fraction of sp³-hybridized carbons (Fsp3) is 0.583. The third-order valence-electron chi connectivity index (χ3n) is 2.71. The molecule has 2 N–H and O–H groups in total. The minimum atomic E-state index is -0.478. The van der Waals surface area contributed by atoms with E-state index in [-0.39, 0.29) is 5.56 Å². The van der Waals surface area contributed by atoms with Crippen LogP contribution in [0.4, 0.5) is 0 Å². The first-order valence-corrected chi connectivity index (χ1v) is 6.78. The lowest BCUT2D eigenvalue weighted by Crippen LogP contribution is -2.37. The fourth-order valence-corrected chi connectivity index (χ4v) is 2.31. The molecule has 1 atom stereocenters. The molecule has 0 bridgehead atoms. The van der Waals surface area contributed by atoms with Crippen LogP contribution in [-0.2, 0) is 0 Å². The van der Waals surface area contributed by atoms with Gasteiger partial charge >= 0.3 is 0 Å². The highest BCUT2D eigenvalue weighted by atomic mass is 32.2. The molecule has 1 aromatic heterocycles. The maximum atomic E-state index is 11.2. The van der Waals surface area contributed by atoms with E-state index < -0.39 is 5.54 Å². The van der Waals surface area contributed by atoms with Crippen molar-refractivity contribution in [2.75, 3.05) is 12.8 Å². The summed E-state index contributed by atoms with van der Waals surface area (Å²) in [6, 6.07) is 3.72. The van der Waals surface area contributed by atoms with Crippen LogP contribution >= 0.6 is 11.8 Å². The van der Waals surface area contributed by atoms with E-state index in [1.807, 2.05) is 6.92 Å². The average Bonchev–Trinajstić information content (AvgIpc) is 2.33. The van der Waals surface area contributed by atoms with E-state index >= 15 is 0 Å². The molecule has 1 aromatic rings. The molecule has 0 spiro atoms. The van der Waals surface area contributed by atoms with E-state index in [1.54, 1.807) is 14.0 Å². The number of nitrogens with one attached hydrogen (secondary N) is 2. The van der Waals surface area contributed by atoms with Gasteiger partial charge in [-0.1, -0.05) is 11.8 Å². The van der Waals surface area contributed by atoms with Crippen LogP contribution in [0, 0.1) is 18.3 Å². The molecule has 1 unspecified atom stereocenters. The number of aryl methyl sites for hydroxylation is 1. The molecule has 0 aromatic carbocycles. The van der Waals surface area contributed by atoms with E-state index in [1.165, 1.54) is 17.8 Å². The molecule has 18 heavy (non-hydrogen) atoms. The van der Waals surface area contributed by atoms with Gasteiger partial charge in [-0.3, -0.25) is 4.79 Å². The standard InChI is InChI=1S/C12H18N4OS/c1-9-7-10(17)16-11(15-9)18-6-4-5-12(2,8-13)14-3/h7,14H,4-6H2,1-3H3,(H,15,16,17). The monoisotopic (exact) mass is 266 g/mol. The zero-order valence-corrected chi connectivity index (χ0v) is 11.7. The van der Waals surface area contributed by atoms with Crippen molar-refractivity contribution in [1.29, 1.82) is 5.26 Å². The highest BCUT2D eigenvalue weighted by molar-refractivity contribution is 7.99. The summed E-state index contributed by atoms with van der Waals surface area (Å²) < 4.78 is 0. The zero-order valence-electron chi connectivity index (χ0n) is 10.9. The number of thioether (sulfide) groups is 1. The van der Waals surface area contributed by atoms with Gasteiger partial charge in [0, 0.05) is 17.5 Å². The Morgan fingerprint density at radius 1 is 1.67 bits per heavy atom. The number of hydrogen-bond donors (Lipinski definition) is 2. The Morgan fingerprint density at radius 2 is 2.39 bits per heavy atom. The van der Waals surface area contributed by atoms with Crippen molar-refractivity contribution in [3.05, 3.63) is 22.1 Å². The van der Waals surface area contributed by atoms with Crippen molar-refractivity contribution >= 4 is 11.8 Å². The average molecular weight is 266 g/mol. The van der Waals surface area contributed by atoms with E-state index in [9.17, 15) is 4.79 Å². The van der Waals surface area contributed by atoms with E-state index in [0.29, 0.717) is 5.16 Å². The second-order valence-electron chi connectivity index (χ2n) is 4.34. The first kappa shape index (κ1) is 14.7. The van der Waals surface area contributed by atoms with Gasteiger partial charge < -0.3 is 10.3 Å². The number of rotatable bonds is 6. The van der Waals surface area contributed by atoms with Gasteiger partial charge in [-0.15, -0.1) is 0 Å². The van der Waals surface area contributed by atoms with Crippen LogP contribution in [0.5, 0.6) is 0 Å². The first-order chi connectivity index (χ1) is 8.49. The number of aromatic amines is 1. The van der Waals surface area contributed by atoms with Crippen molar-refractivity contribution in [3.63, 3.8) is 0 Å². The van der Waals surface area contributed by atoms with Gasteiger partial charge in [0.15, 0.2) is 5.16 Å². The topological polar surface area (TPSA) is 81.6 Å². The van der Waals surface area contributed by atoms with Crippen LogP contribution < -0.4 is 10.9 Å². The lowest BCUT2D eigenvalue weighted by molar-refractivity contribution is 0.451. The Labute approximate surface area is 111 Å². The van der Waals surface area contributed by atoms with Crippen LogP contribution in [0.15, 0.2) is 16.0 Å². The Hall–Kier alpha value is -1.32. The van der Waals surface area contributed by atoms with Gasteiger partial charge in [0.25, 0.3) is 5.56 Å². The molecular weight excluding hydrogens is 248 g/mol. The molecule has 1 heterocycles. The third-order valence-corrected chi connectivity index (χ3v) is 3.67. The molecule has 0 aliphatic heterocycles. The molecule has 0 amide bonds. The SMILES string of the molecule is CNC(C)(C#N)CCCSc1nc(C)cc(=O)[nH]1. The zero-order chi connectivity index (χ0) is 13.6. The Balaban J connectivity index is 2.43. The number of H-pyrrole nitrogens is 1. The van der Waals surface area contributed by atoms with Crippen molar-refractivity contribution in [3.8, 4) is 6.07 Å². The van der Waals surface area contributed by atoms with E-state index in [4.69, 9.17) is 5.26 Å². The van der Waals surface area contributed by atoms with Gasteiger partial charge in [-0.2, -0.15) is 5.26 Å². The summed E-state index contributed by atoms with van der Waals surface area (Å²) in [4.78, 5) is 18.2. The second kappa shape index (κ2) is 6.57. The summed E-state index contributed by atoms with van der Waals surface area (Å²) in [6.07, 6.45) is 1.65. The summed E-state index contributed by atoms with van der Waals surface area (Å²) in [5, 5.41) is 12.6. The lowest BCUT2D eigenvalue weighted by atomic mass is 9.99. The van der Waals surface area contributed by atoms with Crippen molar-refractivity contribution in [2.45, 2.75) is 37.4 Å². The van der Waals surface area contributed by atoms with Crippen molar-refractivity contribution < 1.29 is 0 Å². The summed E-state index contributed by atoms with van der Waals surface area (Å²) >= 11 is 1.51. The molecule has 1 rings (SSSR count). The van der Waals surface area contributed by atoms with Crippen molar-refractivity contribution in [1.82, 2.24) is 15.3 Å². The van der Waals surface area contributed by atoms with E-state index in [2.05, 4.69) is 21.4 Å². The quantitative estimate of drug-likeness (QED) is 0.463. The summed E-state index contributed by atoms with van der Waals surface area (Å²) in [7, 11) is 1.79. The second-order valence-corrected chi connectivity index (χ2v) is 5.42. The maximum absolute atomic E-state index is 11.2. The Bertz CT molecular complexity index is 494. The summed E-state index contributed by atoms with van der Waals surface area (Å²) in [5.74, 6) is 0.825. The smallest absolute Gasteiger partial charge is 0.251 e. The van der Waals surface area contributed by atoms with Crippen LogP contribution in [0.1, 0.15) is 25.5 Å².